The summed E-state index contributed by atoms with van der Waals surface area (Å²) in [4.78, 5) is 14.2. The minimum Gasteiger partial charge on any atom is -0.497 e. The van der Waals surface area contributed by atoms with E-state index in [-0.39, 0.29) is 5.91 Å². The zero-order chi connectivity index (χ0) is 15.4. The lowest BCUT2D eigenvalue weighted by Gasteiger charge is -2.17. The van der Waals surface area contributed by atoms with E-state index < -0.39 is 0 Å². The molecule has 0 radical (unpaired) electrons. The molecule has 5 nitrogen and oxygen atoms in total. The molecule has 1 amide bonds. The summed E-state index contributed by atoms with van der Waals surface area (Å²) in [6.07, 6.45) is 1.33. The standard InChI is InChI=1S/C17H24N2O3/c1-21-15-4-6-16(7-5-15)22-8-2-3-17(20)19-11-13-9-18-10-14(13)12-19/h4-7,13-14,18H,2-3,8-12H2,1H3/t13-,14+. The van der Waals surface area contributed by atoms with Gasteiger partial charge in [0.05, 0.1) is 13.7 Å². The topological polar surface area (TPSA) is 50.8 Å². The number of carbonyl (C=O) groups excluding carboxylic acids is 1. The smallest absolute Gasteiger partial charge is 0.222 e. The highest BCUT2D eigenvalue weighted by Gasteiger charge is 2.37. The Bertz CT molecular complexity index is 491. The summed E-state index contributed by atoms with van der Waals surface area (Å²) in [6.45, 7) is 4.55. The van der Waals surface area contributed by atoms with Gasteiger partial charge in [-0.25, -0.2) is 0 Å². The van der Waals surface area contributed by atoms with Crippen LogP contribution in [0.25, 0.3) is 0 Å². The summed E-state index contributed by atoms with van der Waals surface area (Å²) in [7, 11) is 1.64. The zero-order valence-corrected chi connectivity index (χ0v) is 13.1. The van der Waals surface area contributed by atoms with Gasteiger partial charge >= 0.3 is 0 Å². The first kappa shape index (κ1) is 15.2. The summed E-state index contributed by atoms with van der Waals surface area (Å²) >= 11 is 0. The van der Waals surface area contributed by atoms with Crippen molar-refractivity contribution < 1.29 is 14.3 Å². The Morgan fingerprint density at radius 3 is 2.45 bits per heavy atom. The Balaban J connectivity index is 1.35. The third kappa shape index (κ3) is 3.53. The van der Waals surface area contributed by atoms with Crippen LogP contribution in [0.3, 0.4) is 0 Å². The van der Waals surface area contributed by atoms with Crippen molar-refractivity contribution in [2.75, 3.05) is 39.9 Å². The van der Waals surface area contributed by atoms with Gasteiger partial charge in [0.25, 0.3) is 0 Å². The maximum atomic E-state index is 12.2. The average Bonchev–Trinajstić information content (AvgIpc) is 3.13. The number of benzene rings is 1. The van der Waals surface area contributed by atoms with Crippen LogP contribution in [0.4, 0.5) is 0 Å². The molecule has 0 aliphatic carbocycles. The Kier molecular flexibility index (Phi) is 4.83. The lowest BCUT2D eigenvalue weighted by atomic mass is 10.0. The van der Waals surface area contributed by atoms with E-state index in [1.165, 1.54) is 0 Å². The molecular weight excluding hydrogens is 280 g/mol. The molecule has 2 fully saturated rings. The normalized spacial score (nSPS) is 23.4. The molecule has 0 saturated carbocycles. The van der Waals surface area contributed by atoms with Gasteiger partial charge in [0.2, 0.25) is 5.91 Å². The van der Waals surface area contributed by atoms with Crippen LogP contribution in [0, 0.1) is 11.8 Å². The van der Waals surface area contributed by atoms with Crippen LogP contribution in [-0.4, -0.2) is 50.7 Å². The second kappa shape index (κ2) is 7.01. The molecule has 0 bridgehead atoms. The minimum absolute atomic E-state index is 0.271. The van der Waals surface area contributed by atoms with E-state index in [2.05, 4.69) is 5.32 Å². The quantitative estimate of drug-likeness (QED) is 0.810. The third-order valence-corrected chi connectivity index (χ3v) is 4.61. The van der Waals surface area contributed by atoms with Crippen LogP contribution < -0.4 is 14.8 Å². The van der Waals surface area contributed by atoms with E-state index in [0.717, 1.165) is 44.1 Å². The maximum absolute atomic E-state index is 12.2. The van der Waals surface area contributed by atoms with Crippen molar-refractivity contribution in [3.63, 3.8) is 0 Å². The molecule has 2 atom stereocenters. The van der Waals surface area contributed by atoms with Crippen LogP contribution in [0.2, 0.25) is 0 Å². The molecule has 3 rings (SSSR count). The lowest BCUT2D eigenvalue weighted by molar-refractivity contribution is -0.130. The molecule has 2 heterocycles. The minimum atomic E-state index is 0.271. The summed E-state index contributed by atoms with van der Waals surface area (Å²) in [5, 5.41) is 3.40. The molecular formula is C17H24N2O3. The van der Waals surface area contributed by atoms with E-state index in [0.29, 0.717) is 24.9 Å². The van der Waals surface area contributed by atoms with Crippen molar-refractivity contribution in [2.24, 2.45) is 11.8 Å². The molecule has 2 aliphatic rings. The van der Waals surface area contributed by atoms with E-state index in [1.54, 1.807) is 7.11 Å². The predicted octanol–water partition coefficient (Wildman–Crippen LogP) is 1.53. The summed E-state index contributed by atoms with van der Waals surface area (Å²) in [6, 6.07) is 7.51. The number of amides is 1. The number of carbonyl (C=O) groups is 1. The van der Waals surface area contributed by atoms with E-state index in [9.17, 15) is 4.79 Å². The molecule has 5 heteroatoms. The molecule has 0 unspecified atom stereocenters. The first-order chi connectivity index (χ1) is 10.8. The fourth-order valence-corrected chi connectivity index (χ4v) is 3.30. The monoisotopic (exact) mass is 304 g/mol. The second-order valence-electron chi connectivity index (χ2n) is 6.10. The Labute approximate surface area is 131 Å². The highest BCUT2D eigenvalue weighted by molar-refractivity contribution is 5.76. The van der Waals surface area contributed by atoms with Crippen LogP contribution in [0.5, 0.6) is 11.5 Å². The number of nitrogens with zero attached hydrogens (tertiary/aromatic N) is 1. The number of hydrogen-bond acceptors (Lipinski definition) is 4. The molecule has 120 valence electrons. The molecule has 1 aromatic rings. The summed E-state index contributed by atoms with van der Waals surface area (Å²) in [5.74, 6) is 3.23. The van der Waals surface area contributed by atoms with Gasteiger partial charge in [-0.3, -0.25) is 4.79 Å². The lowest BCUT2D eigenvalue weighted by Crippen LogP contribution is -2.31. The first-order valence-electron chi connectivity index (χ1n) is 8.01. The highest BCUT2D eigenvalue weighted by atomic mass is 16.5. The van der Waals surface area contributed by atoms with Crippen LogP contribution in [-0.2, 0) is 4.79 Å². The van der Waals surface area contributed by atoms with Crippen molar-refractivity contribution in [1.29, 1.82) is 0 Å². The Morgan fingerprint density at radius 2 is 1.82 bits per heavy atom. The van der Waals surface area contributed by atoms with Gasteiger partial charge in [-0.05, 0) is 42.5 Å². The van der Waals surface area contributed by atoms with Gasteiger partial charge in [0, 0.05) is 32.6 Å². The van der Waals surface area contributed by atoms with Gasteiger partial charge in [0.1, 0.15) is 11.5 Å². The number of nitrogens with one attached hydrogen (secondary N) is 1. The van der Waals surface area contributed by atoms with Gasteiger partial charge in [-0.1, -0.05) is 0 Å². The van der Waals surface area contributed by atoms with E-state index in [4.69, 9.17) is 9.47 Å². The number of ether oxygens (including phenoxy) is 2. The number of fused-ring (bicyclic) bond motifs is 1. The number of rotatable bonds is 6. The number of methoxy groups -OCH3 is 1. The molecule has 0 aromatic heterocycles. The van der Waals surface area contributed by atoms with Crippen LogP contribution in [0.15, 0.2) is 24.3 Å². The van der Waals surface area contributed by atoms with Crippen molar-refractivity contribution >= 4 is 5.91 Å². The van der Waals surface area contributed by atoms with Gasteiger partial charge in [-0.15, -0.1) is 0 Å². The second-order valence-corrected chi connectivity index (χ2v) is 6.10. The molecule has 2 saturated heterocycles. The zero-order valence-electron chi connectivity index (χ0n) is 13.1. The first-order valence-corrected chi connectivity index (χ1v) is 8.01. The molecule has 1 aromatic carbocycles. The number of likely N-dealkylation sites (tertiary alicyclic amines) is 1. The SMILES string of the molecule is COc1ccc(OCCCC(=O)N2C[C@H]3CNC[C@H]3C2)cc1. The Morgan fingerprint density at radius 1 is 1.18 bits per heavy atom. The fraction of sp³-hybridized carbons (Fsp3) is 0.588. The van der Waals surface area contributed by atoms with Crippen molar-refractivity contribution in [3.05, 3.63) is 24.3 Å². The van der Waals surface area contributed by atoms with Gasteiger partial charge in [-0.2, -0.15) is 0 Å². The summed E-state index contributed by atoms with van der Waals surface area (Å²) < 4.78 is 10.8. The predicted molar refractivity (Wildman–Crippen MR) is 84.2 cm³/mol. The third-order valence-electron chi connectivity index (χ3n) is 4.61. The van der Waals surface area contributed by atoms with Crippen LogP contribution >= 0.6 is 0 Å². The molecule has 22 heavy (non-hydrogen) atoms. The molecule has 0 spiro atoms. The van der Waals surface area contributed by atoms with Gasteiger partial charge in [0.15, 0.2) is 0 Å². The molecule has 2 aliphatic heterocycles. The summed E-state index contributed by atoms with van der Waals surface area (Å²) in [5.41, 5.74) is 0. The maximum Gasteiger partial charge on any atom is 0.222 e. The van der Waals surface area contributed by atoms with Crippen LogP contribution in [0.1, 0.15) is 12.8 Å². The van der Waals surface area contributed by atoms with Gasteiger partial charge < -0.3 is 19.7 Å². The fourth-order valence-electron chi connectivity index (χ4n) is 3.30. The van der Waals surface area contributed by atoms with Crippen molar-refractivity contribution in [3.8, 4) is 11.5 Å². The van der Waals surface area contributed by atoms with E-state index >= 15 is 0 Å². The largest absolute Gasteiger partial charge is 0.497 e. The van der Waals surface area contributed by atoms with Crippen molar-refractivity contribution in [2.45, 2.75) is 12.8 Å². The van der Waals surface area contributed by atoms with Crippen molar-refractivity contribution in [1.82, 2.24) is 10.2 Å². The number of hydrogen-bond donors (Lipinski definition) is 1. The van der Waals surface area contributed by atoms with E-state index in [1.807, 2.05) is 29.2 Å². The average molecular weight is 304 g/mol. The molecule has 1 N–H and O–H groups in total. The Hall–Kier alpha value is -1.75. The highest BCUT2D eigenvalue weighted by Crippen LogP contribution is 2.26.